The number of nitrogens with zero attached hydrogens (tertiary/aromatic N) is 2. The number of aromatic nitrogens is 2. The van der Waals surface area contributed by atoms with Gasteiger partial charge in [0.25, 0.3) is 5.91 Å². The molecule has 0 atom stereocenters. The average Bonchev–Trinajstić information content (AvgIpc) is 2.70. The lowest BCUT2D eigenvalue weighted by Crippen LogP contribution is -2.24. The maximum Gasteiger partial charge on any atom is 0.251 e. The van der Waals surface area contributed by atoms with E-state index in [4.69, 9.17) is 5.73 Å². The average molecular weight is 258 g/mol. The Morgan fingerprint density at radius 3 is 2.79 bits per heavy atom. The molecule has 100 valence electrons. The van der Waals surface area contributed by atoms with Gasteiger partial charge in [-0.3, -0.25) is 9.48 Å². The highest BCUT2D eigenvalue weighted by Crippen LogP contribution is 2.12. The van der Waals surface area contributed by atoms with Crippen molar-refractivity contribution in [3.8, 4) is 0 Å². The second kappa shape index (κ2) is 5.14. The van der Waals surface area contributed by atoms with Crippen molar-refractivity contribution < 1.29 is 4.79 Å². The number of nitrogens with two attached hydrogens (primary N) is 1. The molecule has 0 aliphatic heterocycles. The van der Waals surface area contributed by atoms with Crippen molar-refractivity contribution in [3.05, 3.63) is 46.6 Å². The summed E-state index contributed by atoms with van der Waals surface area (Å²) >= 11 is 0. The standard InChI is InChI=1S/C14H18N4O/c1-9-4-5-10(2)12(6-9)14(19)16-7-11-8-17-18(3)13(11)15/h4-6,8H,7,15H2,1-3H3,(H,16,19). The van der Waals surface area contributed by atoms with Gasteiger partial charge in [0.2, 0.25) is 0 Å². The number of amides is 1. The minimum atomic E-state index is -0.0931. The molecule has 0 aliphatic carbocycles. The van der Waals surface area contributed by atoms with Crippen LogP contribution in [0.1, 0.15) is 27.0 Å². The first-order chi connectivity index (χ1) is 8.99. The molecule has 0 radical (unpaired) electrons. The predicted molar refractivity (Wildman–Crippen MR) is 74.7 cm³/mol. The maximum atomic E-state index is 12.1. The second-order valence-corrected chi connectivity index (χ2v) is 4.68. The van der Waals surface area contributed by atoms with Crippen molar-refractivity contribution in [1.82, 2.24) is 15.1 Å². The Morgan fingerprint density at radius 2 is 2.16 bits per heavy atom. The van der Waals surface area contributed by atoms with E-state index in [1.165, 1.54) is 0 Å². The third kappa shape index (κ3) is 2.76. The van der Waals surface area contributed by atoms with Crippen LogP contribution in [-0.4, -0.2) is 15.7 Å². The van der Waals surface area contributed by atoms with Crippen LogP contribution in [0.2, 0.25) is 0 Å². The lowest BCUT2D eigenvalue weighted by atomic mass is 10.1. The Morgan fingerprint density at radius 1 is 1.42 bits per heavy atom. The molecule has 0 aliphatic rings. The third-order valence-corrected chi connectivity index (χ3v) is 3.14. The zero-order valence-corrected chi connectivity index (χ0v) is 11.4. The molecule has 0 saturated heterocycles. The number of anilines is 1. The van der Waals surface area contributed by atoms with Gasteiger partial charge in [-0.05, 0) is 25.5 Å². The predicted octanol–water partition coefficient (Wildman–Crippen LogP) is 1.55. The van der Waals surface area contributed by atoms with E-state index in [9.17, 15) is 4.79 Å². The van der Waals surface area contributed by atoms with Crippen molar-refractivity contribution >= 4 is 11.7 Å². The molecule has 3 N–H and O–H groups in total. The highest BCUT2D eigenvalue weighted by atomic mass is 16.1. The number of carbonyl (C=O) groups is 1. The van der Waals surface area contributed by atoms with Crippen LogP contribution in [0.4, 0.5) is 5.82 Å². The molecule has 5 heteroatoms. The van der Waals surface area contributed by atoms with E-state index in [-0.39, 0.29) is 5.91 Å². The molecular formula is C14H18N4O. The highest BCUT2D eigenvalue weighted by molar-refractivity contribution is 5.95. The minimum Gasteiger partial charge on any atom is -0.384 e. The largest absolute Gasteiger partial charge is 0.384 e. The zero-order valence-electron chi connectivity index (χ0n) is 11.4. The molecule has 5 nitrogen and oxygen atoms in total. The number of nitrogen functional groups attached to an aromatic ring is 1. The summed E-state index contributed by atoms with van der Waals surface area (Å²) in [5.74, 6) is 0.478. The Hall–Kier alpha value is -2.30. The number of rotatable bonds is 3. The molecule has 0 unspecified atom stereocenters. The molecule has 19 heavy (non-hydrogen) atoms. The third-order valence-electron chi connectivity index (χ3n) is 3.14. The van der Waals surface area contributed by atoms with Crippen LogP contribution < -0.4 is 11.1 Å². The fourth-order valence-corrected chi connectivity index (χ4v) is 1.88. The minimum absolute atomic E-state index is 0.0931. The van der Waals surface area contributed by atoms with E-state index in [0.29, 0.717) is 17.9 Å². The number of aryl methyl sites for hydroxylation is 3. The van der Waals surface area contributed by atoms with Gasteiger partial charge in [-0.1, -0.05) is 17.7 Å². The van der Waals surface area contributed by atoms with E-state index < -0.39 is 0 Å². The molecule has 0 fully saturated rings. The van der Waals surface area contributed by atoms with Gasteiger partial charge < -0.3 is 11.1 Å². The van der Waals surface area contributed by atoms with Gasteiger partial charge in [0.1, 0.15) is 5.82 Å². The summed E-state index contributed by atoms with van der Waals surface area (Å²) in [6.45, 7) is 4.27. The van der Waals surface area contributed by atoms with Crippen LogP contribution in [0, 0.1) is 13.8 Å². The highest BCUT2D eigenvalue weighted by Gasteiger charge is 2.11. The lowest BCUT2D eigenvalue weighted by molar-refractivity contribution is 0.0950. The molecular weight excluding hydrogens is 240 g/mol. The summed E-state index contributed by atoms with van der Waals surface area (Å²) in [7, 11) is 1.77. The number of hydrogen-bond donors (Lipinski definition) is 2. The van der Waals surface area contributed by atoms with Gasteiger partial charge in [-0.2, -0.15) is 5.10 Å². The fourth-order valence-electron chi connectivity index (χ4n) is 1.88. The summed E-state index contributed by atoms with van der Waals surface area (Å²) in [6.07, 6.45) is 1.67. The summed E-state index contributed by atoms with van der Waals surface area (Å²) < 4.78 is 1.58. The number of hydrogen-bond acceptors (Lipinski definition) is 3. The molecule has 2 aromatic rings. The van der Waals surface area contributed by atoms with Crippen molar-refractivity contribution in [2.75, 3.05) is 5.73 Å². The summed E-state index contributed by atoms with van der Waals surface area (Å²) in [4.78, 5) is 12.1. The maximum absolute atomic E-state index is 12.1. The normalized spacial score (nSPS) is 10.5. The molecule has 1 amide bonds. The van der Waals surface area contributed by atoms with Crippen LogP contribution in [-0.2, 0) is 13.6 Å². The Kier molecular flexibility index (Phi) is 3.55. The second-order valence-electron chi connectivity index (χ2n) is 4.68. The zero-order chi connectivity index (χ0) is 14.0. The van der Waals surface area contributed by atoms with Crippen molar-refractivity contribution in [2.24, 2.45) is 7.05 Å². The van der Waals surface area contributed by atoms with Gasteiger partial charge in [0, 0.05) is 24.7 Å². The van der Waals surface area contributed by atoms with Gasteiger partial charge >= 0.3 is 0 Å². The fraction of sp³-hybridized carbons (Fsp3) is 0.286. The first kappa shape index (κ1) is 13.1. The first-order valence-corrected chi connectivity index (χ1v) is 6.11. The van der Waals surface area contributed by atoms with E-state index in [0.717, 1.165) is 16.7 Å². The molecule has 2 rings (SSSR count). The van der Waals surface area contributed by atoms with Gasteiger partial charge in [0.05, 0.1) is 6.20 Å². The van der Waals surface area contributed by atoms with Crippen molar-refractivity contribution in [1.29, 1.82) is 0 Å². The molecule has 1 aromatic heterocycles. The van der Waals surface area contributed by atoms with Gasteiger partial charge in [-0.15, -0.1) is 0 Å². The lowest BCUT2D eigenvalue weighted by Gasteiger charge is -2.08. The monoisotopic (exact) mass is 258 g/mol. The van der Waals surface area contributed by atoms with Crippen LogP contribution >= 0.6 is 0 Å². The molecule has 1 heterocycles. The van der Waals surface area contributed by atoms with E-state index in [2.05, 4.69) is 10.4 Å². The van der Waals surface area contributed by atoms with Crippen LogP contribution in [0.25, 0.3) is 0 Å². The number of benzene rings is 1. The SMILES string of the molecule is Cc1ccc(C)c(C(=O)NCc2cnn(C)c2N)c1. The van der Waals surface area contributed by atoms with Crippen molar-refractivity contribution in [3.63, 3.8) is 0 Å². The molecule has 1 aromatic carbocycles. The number of carbonyl (C=O) groups excluding carboxylic acids is 1. The van der Waals surface area contributed by atoms with Crippen LogP contribution in [0.3, 0.4) is 0 Å². The summed E-state index contributed by atoms with van der Waals surface area (Å²) in [6, 6.07) is 5.82. The molecule has 0 bridgehead atoms. The van der Waals surface area contributed by atoms with Crippen LogP contribution in [0.15, 0.2) is 24.4 Å². The Labute approximate surface area is 112 Å². The number of nitrogens with one attached hydrogen (secondary N) is 1. The van der Waals surface area contributed by atoms with Crippen molar-refractivity contribution in [2.45, 2.75) is 20.4 Å². The smallest absolute Gasteiger partial charge is 0.251 e. The Bertz CT molecular complexity index is 616. The topological polar surface area (TPSA) is 72.9 Å². The Balaban J connectivity index is 2.09. The van der Waals surface area contributed by atoms with E-state index in [1.54, 1.807) is 17.9 Å². The quantitative estimate of drug-likeness (QED) is 0.877. The first-order valence-electron chi connectivity index (χ1n) is 6.11. The molecule has 0 spiro atoms. The van der Waals surface area contributed by atoms with E-state index in [1.807, 2.05) is 32.0 Å². The van der Waals surface area contributed by atoms with Crippen LogP contribution in [0.5, 0.6) is 0 Å². The summed E-state index contributed by atoms with van der Waals surface area (Å²) in [5, 5.41) is 6.90. The van der Waals surface area contributed by atoms with Gasteiger partial charge in [-0.25, -0.2) is 0 Å². The van der Waals surface area contributed by atoms with E-state index >= 15 is 0 Å². The van der Waals surface area contributed by atoms with Gasteiger partial charge in [0.15, 0.2) is 0 Å². The summed E-state index contributed by atoms with van der Waals surface area (Å²) in [5.41, 5.74) is 9.37. The molecule has 0 saturated carbocycles.